The maximum atomic E-state index is 12.4. The van der Waals surface area contributed by atoms with Gasteiger partial charge in [0, 0.05) is 11.4 Å². The van der Waals surface area contributed by atoms with Gasteiger partial charge in [0.2, 0.25) is 0 Å². The molecule has 0 radical (unpaired) electrons. The topological polar surface area (TPSA) is 17.1 Å². The summed E-state index contributed by atoms with van der Waals surface area (Å²) in [5.74, 6) is 0.451. The largest absolute Gasteiger partial charge is 0.299 e. The van der Waals surface area contributed by atoms with Gasteiger partial charge in [-0.3, -0.25) is 4.79 Å². The van der Waals surface area contributed by atoms with Gasteiger partial charge >= 0.3 is 0 Å². The van der Waals surface area contributed by atoms with Crippen molar-refractivity contribution >= 4 is 17.4 Å². The third kappa shape index (κ3) is 1.72. The summed E-state index contributed by atoms with van der Waals surface area (Å²) >= 11 is 6.12. The van der Waals surface area contributed by atoms with Gasteiger partial charge in [-0.15, -0.1) is 0 Å². The zero-order valence-corrected chi connectivity index (χ0v) is 10.7. The van der Waals surface area contributed by atoms with Crippen LogP contribution in [0.3, 0.4) is 0 Å². The number of ketones is 1. The Hall–Kier alpha value is -0.820. The first kappa shape index (κ1) is 11.3. The van der Waals surface area contributed by atoms with Crippen molar-refractivity contribution in [2.24, 2.45) is 0 Å². The van der Waals surface area contributed by atoms with Crippen LogP contribution < -0.4 is 0 Å². The molecule has 0 unspecified atom stereocenters. The molecule has 1 spiro atoms. The number of rotatable bonds is 0. The Morgan fingerprint density at radius 2 is 1.82 bits per heavy atom. The first-order valence-electron chi connectivity index (χ1n) is 6.55. The molecule has 3 rings (SSSR count). The average Bonchev–Trinajstić information content (AvgIpc) is 2.36. The highest BCUT2D eigenvalue weighted by Crippen LogP contribution is 2.45. The number of carbonyl (C=O) groups excluding carboxylic acids is 1. The number of hydrogen-bond donors (Lipinski definition) is 0. The maximum Gasteiger partial charge on any atom is 0.143 e. The zero-order chi connectivity index (χ0) is 11.9. The van der Waals surface area contributed by atoms with Crippen LogP contribution in [0.1, 0.15) is 49.7 Å². The summed E-state index contributed by atoms with van der Waals surface area (Å²) in [6.07, 6.45) is 7.29. The van der Waals surface area contributed by atoms with Crippen LogP contribution in [0.25, 0.3) is 0 Å². The first-order chi connectivity index (χ1) is 8.22. The second-order valence-electron chi connectivity index (χ2n) is 5.37. The molecule has 0 bridgehead atoms. The predicted octanol–water partition coefficient (Wildman–Crippen LogP) is 4.06. The quantitative estimate of drug-likeness (QED) is 0.677. The fraction of sp³-hybridized carbons (Fsp3) is 0.533. The van der Waals surface area contributed by atoms with Crippen molar-refractivity contribution in [2.45, 2.75) is 50.4 Å². The Balaban J connectivity index is 2.14. The number of aryl methyl sites for hydroxylation is 1. The van der Waals surface area contributed by atoms with E-state index in [0.717, 1.165) is 24.3 Å². The Kier molecular flexibility index (Phi) is 2.74. The van der Waals surface area contributed by atoms with Gasteiger partial charge < -0.3 is 0 Å². The van der Waals surface area contributed by atoms with E-state index in [9.17, 15) is 4.79 Å². The highest BCUT2D eigenvalue weighted by Gasteiger charge is 2.43. The van der Waals surface area contributed by atoms with Gasteiger partial charge in [-0.25, -0.2) is 0 Å². The highest BCUT2D eigenvalue weighted by molar-refractivity contribution is 6.30. The molecule has 0 aromatic heterocycles. The first-order valence-corrected chi connectivity index (χ1v) is 6.92. The number of hydrogen-bond acceptors (Lipinski definition) is 1. The van der Waals surface area contributed by atoms with E-state index in [2.05, 4.69) is 6.07 Å². The lowest BCUT2D eigenvalue weighted by Crippen LogP contribution is -2.41. The van der Waals surface area contributed by atoms with Crippen LogP contribution in [0.2, 0.25) is 5.02 Å². The minimum atomic E-state index is -0.184. The van der Waals surface area contributed by atoms with E-state index in [1.165, 1.54) is 30.4 Å². The molecule has 17 heavy (non-hydrogen) atoms. The number of carbonyl (C=O) groups is 1. The lowest BCUT2D eigenvalue weighted by molar-refractivity contribution is -0.126. The molecular formula is C15H17ClO. The SMILES string of the molecule is O=C1CCc2ccc(Cl)cc2C12CCCCC2. The molecule has 2 aliphatic rings. The monoisotopic (exact) mass is 248 g/mol. The predicted molar refractivity (Wildman–Crippen MR) is 69.5 cm³/mol. The molecule has 1 nitrogen and oxygen atoms in total. The number of halogens is 1. The molecule has 1 saturated carbocycles. The van der Waals surface area contributed by atoms with E-state index < -0.39 is 0 Å². The van der Waals surface area contributed by atoms with Crippen molar-refractivity contribution in [1.82, 2.24) is 0 Å². The van der Waals surface area contributed by atoms with Gasteiger partial charge in [0.25, 0.3) is 0 Å². The molecule has 1 fully saturated rings. The van der Waals surface area contributed by atoms with E-state index in [1.807, 2.05) is 12.1 Å². The van der Waals surface area contributed by atoms with Crippen LogP contribution in [0.4, 0.5) is 0 Å². The Labute approximate surface area is 107 Å². The molecule has 0 aliphatic heterocycles. The fourth-order valence-corrected chi connectivity index (χ4v) is 3.73. The summed E-state index contributed by atoms with van der Waals surface area (Å²) in [6.45, 7) is 0. The fourth-order valence-electron chi connectivity index (χ4n) is 3.55. The highest BCUT2D eigenvalue weighted by atomic mass is 35.5. The summed E-state index contributed by atoms with van der Waals surface area (Å²) in [6, 6.07) is 6.10. The number of benzene rings is 1. The van der Waals surface area contributed by atoms with Crippen LogP contribution in [-0.2, 0) is 16.6 Å². The summed E-state index contributed by atoms with van der Waals surface area (Å²) < 4.78 is 0. The van der Waals surface area contributed by atoms with E-state index in [0.29, 0.717) is 12.2 Å². The summed E-state index contributed by atoms with van der Waals surface area (Å²) in [7, 11) is 0. The van der Waals surface area contributed by atoms with E-state index in [-0.39, 0.29) is 5.41 Å². The van der Waals surface area contributed by atoms with E-state index in [1.54, 1.807) is 0 Å². The standard InChI is InChI=1S/C15H17ClO/c16-12-6-4-11-5-7-14(17)15(13(11)10-12)8-2-1-3-9-15/h4,6,10H,1-3,5,7-9H2. The van der Waals surface area contributed by atoms with Gasteiger partial charge in [-0.1, -0.05) is 36.9 Å². The van der Waals surface area contributed by atoms with Gasteiger partial charge in [0.1, 0.15) is 5.78 Å². The van der Waals surface area contributed by atoms with Gasteiger partial charge in [0.15, 0.2) is 0 Å². The Bertz CT molecular complexity index is 458. The second kappa shape index (κ2) is 4.13. The molecule has 1 aromatic rings. The Morgan fingerprint density at radius 1 is 1.06 bits per heavy atom. The zero-order valence-electron chi connectivity index (χ0n) is 9.97. The summed E-state index contributed by atoms with van der Waals surface area (Å²) in [5.41, 5.74) is 2.40. The van der Waals surface area contributed by atoms with E-state index in [4.69, 9.17) is 11.6 Å². The number of Topliss-reactive ketones (excluding diaryl/α,β-unsaturated/α-hetero) is 1. The van der Waals surface area contributed by atoms with Gasteiger partial charge in [-0.2, -0.15) is 0 Å². The van der Waals surface area contributed by atoms with Crippen molar-refractivity contribution in [2.75, 3.05) is 0 Å². The van der Waals surface area contributed by atoms with Gasteiger partial charge in [-0.05, 0) is 42.5 Å². The molecule has 2 heteroatoms. The van der Waals surface area contributed by atoms with Crippen molar-refractivity contribution < 1.29 is 4.79 Å². The van der Waals surface area contributed by atoms with Crippen molar-refractivity contribution in [1.29, 1.82) is 0 Å². The lowest BCUT2D eigenvalue weighted by atomic mass is 9.62. The molecule has 0 heterocycles. The molecule has 1 aromatic carbocycles. The van der Waals surface area contributed by atoms with Crippen LogP contribution in [0.15, 0.2) is 18.2 Å². The van der Waals surface area contributed by atoms with E-state index >= 15 is 0 Å². The summed E-state index contributed by atoms with van der Waals surface area (Å²) in [5, 5.41) is 0.767. The molecule has 0 atom stereocenters. The van der Waals surface area contributed by atoms with Crippen LogP contribution in [-0.4, -0.2) is 5.78 Å². The van der Waals surface area contributed by atoms with Crippen LogP contribution >= 0.6 is 11.6 Å². The minimum Gasteiger partial charge on any atom is -0.299 e. The average molecular weight is 249 g/mol. The second-order valence-corrected chi connectivity index (χ2v) is 5.80. The third-order valence-corrected chi connectivity index (χ3v) is 4.68. The molecule has 0 amide bonds. The summed E-state index contributed by atoms with van der Waals surface area (Å²) in [4.78, 5) is 12.4. The van der Waals surface area contributed by atoms with Crippen molar-refractivity contribution in [3.8, 4) is 0 Å². The van der Waals surface area contributed by atoms with Crippen molar-refractivity contribution in [3.05, 3.63) is 34.3 Å². The maximum absolute atomic E-state index is 12.4. The van der Waals surface area contributed by atoms with Crippen molar-refractivity contribution in [3.63, 3.8) is 0 Å². The third-order valence-electron chi connectivity index (χ3n) is 4.45. The molecule has 90 valence electrons. The minimum absolute atomic E-state index is 0.184. The number of fused-ring (bicyclic) bond motifs is 2. The normalized spacial score (nSPS) is 22.5. The molecule has 2 aliphatic carbocycles. The van der Waals surface area contributed by atoms with Crippen LogP contribution in [0, 0.1) is 0 Å². The molecule has 0 N–H and O–H groups in total. The lowest BCUT2D eigenvalue weighted by Gasteiger charge is -2.40. The molecular weight excluding hydrogens is 232 g/mol. The Morgan fingerprint density at radius 3 is 2.59 bits per heavy atom. The van der Waals surface area contributed by atoms with Crippen LogP contribution in [0.5, 0.6) is 0 Å². The smallest absolute Gasteiger partial charge is 0.143 e. The molecule has 0 saturated heterocycles. The van der Waals surface area contributed by atoms with Gasteiger partial charge in [0.05, 0.1) is 5.41 Å².